The fraction of sp³-hybridized carbons (Fsp3) is 0.583. The number of likely N-dealkylation sites (tertiary alicyclic amines) is 2. The standard InChI is InChI=1S/C60H85N7O11/c1-12-38(4)51(65(9)57(72)50(37(2)3)64-56(71)52-43-27-30-45(33-43)67(52)59(74)78-60(6,7)8)48(75-10)34-49(68)66-31-19-24-47(66)53(76-11)39(5)54(69)63-46(32-40-20-15-13-16-21-40)55(70)62-44-28-25-41(26-29-44)35-61-58(73)77-36-42-22-17-14-18-23-42/h13-18,20-23,25-26,28-29,37-39,43,45-48,50-53H,12,19,24,27,30-36H2,1-11H3,(H,61,73)(H,62,70)(H,63,69)(H,64,71)/t38-,39+,43-,45+,46?,47?,48+,50?,51-,52-,53+/m0/s1. The van der Waals surface area contributed by atoms with Crippen LogP contribution in [0.4, 0.5) is 15.3 Å². The molecule has 18 nitrogen and oxygen atoms in total. The summed E-state index contributed by atoms with van der Waals surface area (Å²) in [7, 11) is 4.74. The van der Waals surface area contributed by atoms with Crippen LogP contribution < -0.4 is 21.3 Å². The predicted octanol–water partition coefficient (Wildman–Crippen LogP) is 7.63. The van der Waals surface area contributed by atoms with Gasteiger partial charge in [-0.25, -0.2) is 9.59 Å². The van der Waals surface area contributed by atoms with Crippen molar-refractivity contribution in [1.29, 1.82) is 0 Å². The fourth-order valence-corrected chi connectivity index (χ4v) is 11.4. The molecule has 3 aromatic carbocycles. The van der Waals surface area contributed by atoms with Gasteiger partial charge in [0.25, 0.3) is 0 Å². The highest BCUT2D eigenvalue weighted by molar-refractivity contribution is 5.98. The van der Waals surface area contributed by atoms with Gasteiger partial charge in [-0.3, -0.25) is 28.9 Å². The van der Waals surface area contributed by atoms with Gasteiger partial charge in [-0.05, 0) is 99.5 Å². The van der Waals surface area contributed by atoms with Crippen LogP contribution in [0.25, 0.3) is 0 Å². The molecule has 3 unspecified atom stereocenters. The van der Waals surface area contributed by atoms with Crippen LogP contribution in [-0.4, -0.2) is 138 Å². The molecule has 7 amide bonds. The molecule has 4 N–H and O–H groups in total. The molecule has 0 aromatic heterocycles. The van der Waals surface area contributed by atoms with Crippen molar-refractivity contribution in [2.24, 2.45) is 23.7 Å². The Morgan fingerprint density at radius 2 is 1.44 bits per heavy atom. The van der Waals surface area contributed by atoms with Gasteiger partial charge >= 0.3 is 12.2 Å². The number of likely N-dealkylation sites (N-methyl/N-ethyl adjacent to an activating group) is 1. The van der Waals surface area contributed by atoms with Gasteiger partial charge in [0.05, 0.1) is 36.6 Å². The average Bonchev–Trinajstić information content (AvgIpc) is 4.28. The van der Waals surface area contributed by atoms with Gasteiger partial charge in [0, 0.05) is 52.5 Å². The van der Waals surface area contributed by atoms with Crippen LogP contribution in [0.3, 0.4) is 0 Å². The lowest BCUT2D eigenvalue weighted by Gasteiger charge is -2.41. The number of benzene rings is 3. The van der Waals surface area contributed by atoms with Crippen molar-refractivity contribution in [1.82, 2.24) is 30.7 Å². The molecule has 6 rings (SSSR count). The number of hydrogen-bond acceptors (Lipinski definition) is 11. The van der Waals surface area contributed by atoms with E-state index in [1.807, 2.05) is 88.4 Å². The number of nitrogens with zero attached hydrogens (tertiary/aromatic N) is 3. The third-order valence-electron chi connectivity index (χ3n) is 15.7. The van der Waals surface area contributed by atoms with Crippen LogP contribution in [0.2, 0.25) is 0 Å². The van der Waals surface area contributed by atoms with E-state index in [-0.39, 0.29) is 67.5 Å². The second-order valence-electron chi connectivity index (χ2n) is 22.7. The maximum atomic E-state index is 14.7. The van der Waals surface area contributed by atoms with Crippen LogP contribution in [0.1, 0.15) is 117 Å². The van der Waals surface area contributed by atoms with E-state index in [0.29, 0.717) is 37.9 Å². The molecule has 2 aliphatic heterocycles. The second kappa shape index (κ2) is 27.9. The molecule has 18 heteroatoms. The van der Waals surface area contributed by atoms with Crippen molar-refractivity contribution in [3.63, 3.8) is 0 Å². The highest BCUT2D eigenvalue weighted by Crippen LogP contribution is 2.43. The maximum absolute atomic E-state index is 14.7. The lowest BCUT2D eigenvalue weighted by Crippen LogP contribution is -2.61. The summed E-state index contributed by atoms with van der Waals surface area (Å²) in [5, 5.41) is 11.7. The molecule has 2 heterocycles. The molecule has 2 bridgehead atoms. The number of amides is 7. The highest BCUT2D eigenvalue weighted by Gasteiger charge is 2.53. The van der Waals surface area contributed by atoms with Crippen LogP contribution >= 0.6 is 0 Å². The molecule has 2 saturated heterocycles. The second-order valence-corrected chi connectivity index (χ2v) is 22.7. The Bertz CT molecular complexity index is 2490. The van der Waals surface area contributed by atoms with E-state index < -0.39 is 77.9 Å². The summed E-state index contributed by atoms with van der Waals surface area (Å²) in [6.07, 6.45) is 1.80. The monoisotopic (exact) mass is 1080 g/mol. The summed E-state index contributed by atoms with van der Waals surface area (Å²) >= 11 is 0. The average molecular weight is 1080 g/mol. The Morgan fingerprint density at radius 1 is 0.782 bits per heavy atom. The third-order valence-corrected chi connectivity index (χ3v) is 15.7. The molecule has 1 saturated carbocycles. The van der Waals surface area contributed by atoms with Crippen molar-refractivity contribution in [3.8, 4) is 0 Å². The van der Waals surface area contributed by atoms with E-state index in [2.05, 4.69) is 21.3 Å². The molecular weight excluding hydrogens is 995 g/mol. The molecule has 78 heavy (non-hydrogen) atoms. The van der Waals surface area contributed by atoms with E-state index in [9.17, 15) is 33.6 Å². The Balaban J connectivity index is 1.09. The molecule has 426 valence electrons. The summed E-state index contributed by atoms with van der Waals surface area (Å²) in [4.78, 5) is 103. The smallest absolute Gasteiger partial charge is 0.411 e. The number of anilines is 1. The highest BCUT2D eigenvalue weighted by atomic mass is 16.6. The third kappa shape index (κ3) is 15.8. The molecule has 1 aliphatic carbocycles. The minimum absolute atomic E-state index is 0.0367. The van der Waals surface area contributed by atoms with Gasteiger partial charge in [0.2, 0.25) is 29.5 Å². The van der Waals surface area contributed by atoms with Crippen molar-refractivity contribution >= 4 is 47.4 Å². The number of carbonyl (C=O) groups excluding carboxylic acids is 7. The van der Waals surface area contributed by atoms with Gasteiger partial charge in [-0.2, -0.15) is 0 Å². The number of ether oxygens (including phenoxy) is 4. The topological polar surface area (TPSA) is 214 Å². The SMILES string of the molecule is CC[C@H](C)[C@@H]([C@@H](CC(=O)N1CCCC1[C@H](OC)[C@@H](C)C(=O)NC(Cc1ccccc1)C(=O)Nc1ccc(CNC(=O)OCc2ccccc2)cc1)OC)N(C)C(=O)C(NC(=O)[C@@H]1[C@H]2CC[C@H](C2)N1C(=O)OC(C)(C)C)C(C)C. The maximum Gasteiger partial charge on any atom is 0.411 e. The van der Waals surface area contributed by atoms with Crippen LogP contribution in [-0.2, 0) is 62.5 Å². The lowest BCUT2D eigenvalue weighted by molar-refractivity contribution is -0.148. The number of methoxy groups -OCH3 is 2. The largest absolute Gasteiger partial charge is 0.445 e. The van der Waals surface area contributed by atoms with Gasteiger partial charge < -0.3 is 50.0 Å². The van der Waals surface area contributed by atoms with E-state index >= 15 is 0 Å². The zero-order valence-electron chi connectivity index (χ0n) is 47.6. The summed E-state index contributed by atoms with van der Waals surface area (Å²) in [5.41, 5.74) is 2.25. The van der Waals surface area contributed by atoms with Crippen LogP contribution in [0.15, 0.2) is 84.9 Å². The molecular formula is C60H85N7O11. The minimum Gasteiger partial charge on any atom is -0.445 e. The van der Waals surface area contributed by atoms with Crippen LogP contribution in [0.5, 0.6) is 0 Å². The van der Waals surface area contributed by atoms with E-state index in [1.165, 1.54) is 14.2 Å². The minimum atomic E-state index is -0.977. The first-order chi connectivity index (χ1) is 37.1. The Morgan fingerprint density at radius 3 is 2.04 bits per heavy atom. The number of rotatable bonds is 24. The van der Waals surface area contributed by atoms with Crippen molar-refractivity contribution < 1.29 is 52.5 Å². The van der Waals surface area contributed by atoms with Gasteiger partial charge in [-0.15, -0.1) is 0 Å². The molecule has 11 atom stereocenters. The predicted molar refractivity (Wildman–Crippen MR) is 296 cm³/mol. The normalized spacial score (nSPS) is 20.6. The Kier molecular flexibility index (Phi) is 21.7. The lowest BCUT2D eigenvalue weighted by atomic mass is 9.89. The molecule has 0 spiro atoms. The van der Waals surface area contributed by atoms with Crippen molar-refractivity contribution in [2.75, 3.05) is 33.1 Å². The van der Waals surface area contributed by atoms with Gasteiger partial charge in [0.1, 0.15) is 30.3 Å². The van der Waals surface area contributed by atoms with Gasteiger partial charge in [0.15, 0.2) is 0 Å². The van der Waals surface area contributed by atoms with Crippen molar-refractivity contribution in [3.05, 3.63) is 102 Å². The summed E-state index contributed by atoms with van der Waals surface area (Å²) in [6.45, 7) is 15.7. The molecule has 0 radical (unpaired) electrons. The fourth-order valence-electron chi connectivity index (χ4n) is 11.4. The van der Waals surface area contributed by atoms with Gasteiger partial charge in [-0.1, -0.05) is 114 Å². The quantitative estimate of drug-likeness (QED) is 0.0685. The first-order valence-electron chi connectivity index (χ1n) is 27.8. The number of hydrogen-bond donors (Lipinski definition) is 4. The summed E-state index contributed by atoms with van der Waals surface area (Å²) in [6, 6.07) is 22.0. The van der Waals surface area contributed by atoms with Crippen molar-refractivity contribution in [2.45, 2.75) is 174 Å². The Hall–Kier alpha value is -6.53. The summed E-state index contributed by atoms with van der Waals surface area (Å²) in [5.74, 6) is -3.04. The van der Waals surface area contributed by atoms with Crippen LogP contribution in [0, 0.1) is 23.7 Å². The molecule has 3 fully saturated rings. The number of alkyl carbamates (subject to hydrolysis) is 1. The zero-order valence-corrected chi connectivity index (χ0v) is 47.6. The number of nitrogens with one attached hydrogen (secondary N) is 4. The molecule has 3 aromatic rings. The summed E-state index contributed by atoms with van der Waals surface area (Å²) < 4.78 is 23.3. The Labute approximate surface area is 461 Å². The number of piperidine rings is 1. The first kappa shape index (κ1) is 60.7. The molecule has 3 aliphatic rings. The van der Waals surface area contributed by atoms with E-state index in [1.54, 1.807) is 73.7 Å². The number of fused-ring (bicyclic) bond motifs is 2. The number of carbonyl (C=O) groups is 7. The first-order valence-corrected chi connectivity index (χ1v) is 27.8. The van der Waals surface area contributed by atoms with E-state index in [0.717, 1.165) is 29.5 Å². The van der Waals surface area contributed by atoms with E-state index in [4.69, 9.17) is 18.9 Å². The zero-order chi connectivity index (χ0) is 56.8.